The zero-order valence-electron chi connectivity index (χ0n) is 5.47. The molecule has 0 N–H and O–H groups in total. The number of ether oxygens (including phenoxy) is 1. The Bertz CT molecular complexity index is 75.5. The largest absolute Gasteiger partial charge is 0.448 e. The monoisotopic (exact) mass is 150 g/mol. The van der Waals surface area contributed by atoms with Gasteiger partial charge in [-0.2, -0.15) is 0 Å². The number of rotatable bonds is 5. The van der Waals surface area contributed by atoms with E-state index in [4.69, 9.17) is 11.6 Å². The van der Waals surface area contributed by atoms with E-state index in [-0.39, 0.29) is 0 Å². The quantitative estimate of drug-likeness (QED) is 0.442. The molecule has 0 saturated heterocycles. The summed E-state index contributed by atoms with van der Waals surface area (Å²) in [5.41, 5.74) is -0.428. The first-order valence-electron chi connectivity index (χ1n) is 3.04. The minimum absolute atomic E-state index is 0.382. The number of alkyl halides is 1. The van der Waals surface area contributed by atoms with Gasteiger partial charge in [0, 0.05) is 0 Å². The first kappa shape index (κ1) is 8.76. The summed E-state index contributed by atoms with van der Waals surface area (Å²) in [6.45, 7) is 2.44. The average Bonchev–Trinajstić information content (AvgIpc) is 1.85. The second-order valence-electron chi connectivity index (χ2n) is 1.78. The van der Waals surface area contributed by atoms with E-state index in [1.807, 2.05) is 0 Å². The van der Waals surface area contributed by atoms with Crippen LogP contribution in [0.5, 0.6) is 0 Å². The summed E-state index contributed by atoms with van der Waals surface area (Å²) in [5, 5.41) is 0. The number of halogens is 1. The Morgan fingerprint density at radius 1 is 1.78 bits per heavy atom. The molecule has 1 unspecified atom stereocenters. The summed E-state index contributed by atoms with van der Waals surface area (Å²) in [5.74, 6) is 0. The van der Waals surface area contributed by atoms with Gasteiger partial charge >= 0.3 is 0 Å². The summed E-state index contributed by atoms with van der Waals surface area (Å²) in [7, 11) is 0. The van der Waals surface area contributed by atoms with Crippen LogP contribution in [0.15, 0.2) is 0 Å². The topological polar surface area (TPSA) is 26.3 Å². The molecule has 0 aliphatic rings. The highest BCUT2D eigenvalue weighted by Crippen LogP contribution is 2.06. The molecule has 0 aromatic carbocycles. The van der Waals surface area contributed by atoms with E-state index in [2.05, 4.69) is 11.7 Å². The summed E-state index contributed by atoms with van der Waals surface area (Å²) < 4.78 is 4.43. The van der Waals surface area contributed by atoms with Crippen molar-refractivity contribution in [2.75, 3.05) is 0 Å². The molecule has 0 spiro atoms. The number of carbonyl (C=O) groups excluding carboxylic acids is 1. The minimum Gasteiger partial charge on any atom is -0.448 e. The maximum absolute atomic E-state index is 9.67. The SMILES string of the molecule is CCCCC(Cl)OC=O. The third kappa shape index (κ3) is 5.63. The van der Waals surface area contributed by atoms with Crippen molar-refractivity contribution >= 4 is 18.1 Å². The lowest BCUT2D eigenvalue weighted by molar-refractivity contribution is -0.130. The Hall–Kier alpha value is -0.240. The Labute approximate surface area is 60.1 Å². The molecule has 2 nitrogen and oxygen atoms in total. The molecular weight excluding hydrogens is 140 g/mol. The van der Waals surface area contributed by atoms with Crippen LogP contribution in [-0.4, -0.2) is 12.0 Å². The zero-order chi connectivity index (χ0) is 7.11. The number of hydrogen-bond acceptors (Lipinski definition) is 2. The highest BCUT2D eigenvalue weighted by molar-refractivity contribution is 6.19. The van der Waals surface area contributed by atoms with Crippen molar-refractivity contribution < 1.29 is 9.53 Å². The predicted octanol–water partition coefficient (Wildman–Crippen LogP) is 1.91. The van der Waals surface area contributed by atoms with Crippen LogP contribution in [0.25, 0.3) is 0 Å². The van der Waals surface area contributed by atoms with Crippen molar-refractivity contribution in [3.63, 3.8) is 0 Å². The molecular formula is C6H11ClO2. The van der Waals surface area contributed by atoms with E-state index in [9.17, 15) is 4.79 Å². The van der Waals surface area contributed by atoms with E-state index in [1.54, 1.807) is 0 Å². The first-order chi connectivity index (χ1) is 4.31. The van der Waals surface area contributed by atoms with Crippen LogP contribution in [0.1, 0.15) is 26.2 Å². The van der Waals surface area contributed by atoms with Gasteiger partial charge in [0.15, 0.2) is 5.56 Å². The van der Waals surface area contributed by atoms with E-state index in [1.165, 1.54) is 0 Å². The molecule has 0 bridgehead atoms. The van der Waals surface area contributed by atoms with Crippen LogP contribution in [0.2, 0.25) is 0 Å². The van der Waals surface area contributed by atoms with Gasteiger partial charge in [-0.05, 0) is 12.8 Å². The molecule has 1 atom stereocenters. The Kier molecular flexibility index (Phi) is 5.73. The Morgan fingerprint density at radius 2 is 2.44 bits per heavy atom. The van der Waals surface area contributed by atoms with Crippen LogP contribution < -0.4 is 0 Å². The van der Waals surface area contributed by atoms with Crippen LogP contribution in [-0.2, 0) is 9.53 Å². The molecule has 0 heterocycles. The van der Waals surface area contributed by atoms with E-state index < -0.39 is 5.56 Å². The lowest BCUT2D eigenvalue weighted by atomic mass is 10.3. The molecule has 0 saturated carbocycles. The first-order valence-corrected chi connectivity index (χ1v) is 3.48. The molecule has 0 radical (unpaired) electrons. The van der Waals surface area contributed by atoms with Gasteiger partial charge in [0.25, 0.3) is 6.47 Å². The van der Waals surface area contributed by atoms with Crippen molar-refractivity contribution in [2.24, 2.45) is 0 Å². The molecule has 0 aromatic rings. The average molecular weight is 151 g/mol. The lowest BCUT2D eigenvalue weighted by Crippen LogP contribution is -2.02. The number of unbranched alkanes of at least 4 members (excludes halogenated alkanes) is 1. The maximum atomic E-state index is 9.67. The van der Waals surface area contributed by atoms with E-state index >= 15 is 0 Å². The second kappa shape index (κ2) is 5.89. The normalized spacial score (nSPS) is 12.7. The Morgan fingerprint density at radius 3 is 2.89 bits per heavy atom. The molecule has 9 heavy (non-hydrogen) atoms. The maximum Gasteiger partial charge on any atom is 0.294 e. The lowest BCUT2D eigenvalue weighted by Gasteiger charge is -2.03. The zero-order valence-corrected chi connectivity index (χ0v) is 6.23. The van der Waals surface area contributed by atoms with Gasteiger partial charge in [-0.3, -0.25) is 4.79 Å². The highest BCUT2D eigenvalue weighted by Gasteiger charge is 2.00. The third-order valence-corrected chi connectivity index (χ3v) is 1.31. The standard InChI is InChI=1S/C6H11ClO2/c1-2-3-4-6(7)9-5-8/h5-6H,2-4H2,1H3. The van der Waals surface area contributed by atoms with E-state index in [0.717, 1.165) is 19.3 Å². The van der Waals surface area contributed by atoms with Crippen LogP contribution in [0.3, 0.4) is 0 Å². The van der Waals surface area contributed by atoms with Crippen molar-refractivity contribution in [1.82, 2.24) is 0 Å². The van der Waals surface area contributed by atoms with Gasteiger partial charge in [0.2, 0.25) is 0 Å². The number of carbonyl (C=O) groups is 1. The van der Waals surface area contributed by atoms with Crippen molar-refractivity contribution in [2.45, 2.75) is 31.7 Å². The van der Waals surface area contributed by atoms with Crippen molar-refractivity contribution in [3.8, 4) is 0 Å². The summed E-state index contributed by atoms with van der Waals surface area (Å²) in [6, 6.07) is 0. The molecule has 0 aliphatic carbocycles. The predicted molar refractivity (Wildman–Crippen MR) is 36.3 cm³/mol. The molecule has 0 rings (SSSR count). The Balaban J connectivity index is 3.04. The second-order valence-corrected chi connectivity index (χ2v) is 2.27. The molecule has 54 valence electrons. The highest BCUT2D eigenvalue weighted by atomic mass is 35.5. The van der Waals surface area contributed by atoms with Crippen molar-refractivity contribution in [3.05, 3.63) is 0 Å². The third-order valence-electron chi connectivity index (χ3n) is 0.988. The fourth-order valence-electron chi connectivity index (χ4n) is 0.493. The minimum atomic E-state index is -0.428. The van der Waals surface area contributed by atoms with Gasteiger partial charge < -0.3 is 4.74 Å². The molecule has 0 aromatic heterocycles. The molecule has 0 amide bonds. The van der Waals surface area contributed by atoms with Gasteiger partial charge in [0.1, 0.15) is 0 Å². The smallest absolute Gasteiger partial charge is 0.294 e. The number of hydrogen-bond donors (Lipinski definition) is 0. The summed E-state index contributed by atoms with van der Waals surface area (Å²) >= 11 is 5.51. The molecule has 0 fully saturated rings. The van der Waals surface area contributed by atoms with Gasteiger partial charge in [-0.15, -0.1) is 0 Å². The van der Waals surface area contributed by atoms with Gasteiger partial charge in [0.05, 0.1) is 0 Å². The van der Waals surface area contributed by atoms with Crippen LogP contribution >= 0.6 is 11.6 Å². The van der Waals surface area contributed by atoms with Gasteiger partial charge in [-0.25, -0.2) is 0 Å². The molecule has 0 aliphatic heterocycles. The van der Waals surface area contributed by atoms with Crippen LogP contribution in [0.4, 0.5) is 0 Å². The van der Waals surface area contributed by atoms with Gasteiger partial charge in [-0.1, -0.05) is 24.9 Å². The summed E-state index contributed by atoms with van der Waals surface area (Å²) in [6.07, 6.45) is 2.82. The summed E-state index contributed by atoms with van der Waals surface area (Å²) in [4.78, 5) is 9.67. The van der Waals surface area contributed by atoms with E-state index in [0.29, 0.717) is 6.47 Å². The fourth-order valence-corrected chi connectivity index (χ4v) is 0.689. The molecule has 3 heteroatoms. The van der Waals surface area contributed by atoms with Crippen LogP contribution in [0, 0.1) is 0 Å². The fraction of sp³-hybridized carbons (Fsp3) is 0.833. The van der Waals surface area contributed by atoms with Crippen molar-refractivity contribution in [1.29, 1.82) is 0 Å².